The number of carbonyl (C=O) groups excluding carboxylic acids is 1. The predicted molar refractivity (Wildman–Crippen MR) is 43.1 cm³/mol. The van der Waals surface area contributed by atoms with E-state index in [9.17, 15) is 4.79 Å². The normalized spacial score (nSPS) is 30.5. The third kappa shape index (κ3) is 1.30. The molecule has 0 saturated carbocycles. The zero-order chi connectivity index (χ0) is 8.59. The summed E-state index contributed by atoms with van der Waals surface area (Å²) in [6.45, 7) is 7.47. The van der Waals surface area contributed by atoms with E-state index in [1.807, 2.05) is 20.8 Å². The molecule has 0 spiro atoms. The molecule has 0 aromatic rings. The summed E-state index contributed by atoms with van der Waals surface area (Å²) >= 11 is 0. The van der Waals surface area contributed by atoms with Crippen LogP contribution in [-0.2, 0) is 9.53 Å². The molecule has 0 radical (unpaired) electrons. The zero-order valence-corrected chi connectivity index (χ0v) is 7.47. The molecule has 0 aliphatic carbocycles. The molecule has 0 N–H and O–H groups in total. The van der Waals surface area contributed by atoms with E-state index in [-0.39, 0.29) is 17.8 Å². The van der Waals surface area contributed by atoms with Crippen molar-refractivity contribution in [1.82, 2.24) is 0 Å². The summed E-state index contributed by atoms with van der Waals surface area (Å²) in [7, 11) is 0. The Hall–Kier alpha value is -0.790. The van der Waals surface area contributed by atoms with E-state index in [1.54, 1.807) is 6.92 Å². The Bertz CT molecular complexity index is 216. The van der Waals surface area contributed by atoms with Crippen LogP contribution in [-0.4, -0.2) is 11.9 Å². The van der Waals surface area contributed by atoms with E-state index in [0.717, 1.165) is 11.3 Å². The Morgan fingerprint density at radius 3 is 2.18 bits per heavy atom. The van der Waals surface area contributed by atoms with Gasteiger partial charge >= 0.3 is 0 Å². The van der Waals surface area contributed by atoms with E-state index < -0.39 is 0 Å². The number of hydrogen-bond donors (Lipinski definition) is 0. The quantitative estimate of drug-likeness (QED) is 0.576. The lowest BCUT2D eigenvalue weighted by atomic mass is 9.95. The molecule has 1 heterocycles. The van der Waals surface area contributed by atoms with Gasteiger partial charge in [-0.25, -0.2) is 0 Å². The van der Waals surface area contributed by atoms with Crippen molar-refractivity contribution in [1.29, 1.82) is 0 Å². The van der Waals surface area contributed by atoms with Crippen molar-refractivity contribution in [3.63, 3.8) is 0 Å². The second-order valence-corrected chi connectivity index (χ2v) is 3.14. The van der Waals surface area contributed by atoms with Crippen LogP contribution in [0.2, 0.25) is 0 Å². The minimum absolute atomic E-state index is 0.138. The van der Waals surface area contributed by atoms with Gasteiger partial charge in [-0.15, -0.1) is 0 Å². The third-order valence-electron chi connectivity index (χ3n) is 2.28. The molecule has 0 bridgehead atoms. The molecule has 0 unspecified atom stereocenters. The largest absolute Gasteiger partial charge is 0.494 e. The molecule has 0 fully saturated rings. The van der Waals surface area contributed by atoms with Crippen LogP contribution in [0.3, 0.4) is 0 Å². The lowest BCUT2D eigenvalue weighted by Crippen LogP contribution is -2.13. The van der Waals surface area contributed by atoms with Crippen molar-refractivity contribution in [2.24, 2.45) is 5.92 Å². The second kappa shape index (κ2) is 2.68. The Morgan fingerprint density at radius 2 is 2.00 bits per heavy atom. The van der Waals surface area contributed by atoms with Crippen molar-refractivity contribution < 1.29 is 9.53 Å². The SMILES string of the molecule is CC(=O)C1=C(C)O[C@@H](C)[C@H]1C. The fourth-order valence-corrected chi connectivity index (χ4v) is 1.57. The number of rotatable bonds is 1. The van der Waals surface area contributed by atoms with E-state index in [0.29, 0.717) is 0 Å². The first-order chi connectivity index (χ1) is 5.04. The van der Waals surface area contributed by atoms with Crippen molar-refractivity contribution in [3.8, 4) is 0 Å². The van der Waals surface area contributed by atoms with Crippen molar-refractivity contribution in [2.75, 3.05) is 0 Å². The molecule has 1 rings (SSSR count). The van der Waals surface area contributed by atoms with Gasteiger partial charge < -0.3 is 4.74 Å². The fourth-order valence-electron chi connectivity index (χ4n) is 1.57. The lowest BCUT2D eigenvalue weighted by molar-refractivity contribution is -0.114. The summed E-state index contributed by atoms with van der Waals surface area (Å²) in [5.41, 5.74) is 0.859. The molecular formula is C9H14O2. The average Bonchev–Trinajstić information content (AvgIpc) is 2.07. The molecule has 2 heteroatoms. The zero-order valence-electron chi connectivity index (χ0n) is 7.47. The maximum absolute atomic E-state index is 11.1. The number of ether oxygens (including phenoxy) is 1. The highest BCUT2D eigenvalue weighted by atomic mass is 16.5. The van der Waals surface area contributed by atoms with Gasteiger partial charge in [-0.2, -0.15) is 0 Å². The molecule has 1 aliphatic rings. The van der Waals surface area contributed by atoms with Crippen molar-refractivity contribution in [2.45, 2.75) is 33.8 Å². The minimum atomic E-state index is 0.138. The van der Waals surface area contributed by atoms with Gasteiger partial charge in [0.15, 0.2) is 5.78 Å². The van der Waals surface area contributed by atoms with Crippen molar-refractivity contribution >= 4 is 5.78 Å². The summed E-state index contributed by atoms with van der Waals surface area (Å²) in [6, 6.07) is 0. The minimum Gasteiger partial charge on any atom is -0.494 e. The summed E-state index contributed by atoms with van der Waals surface area (Å²) in [5.74, 6) is 1.20. The molecule has 0 aromatic heterocycles. The Kier molecular flexibility index (Phi) is 2.03. The number of hydrogen-bond acceptors (Lipinski definition) is 2. The summed E-state index contributed by atoms with van der Waals surface area (Å²) < 4.78 is 5.41. The van der Waals surface area contributed by atoms with Gasteiger partial charge in [0.25, 0.3) is 0 Å². The molecule has 1 aliphatic heterocycles. The Balaban J connectivity index is 2.91. The summed E-state index contributed by atoms with van der Waals surface area (Å²) in [6.07, 6.45) is 0.161. The maximum Gasteiger partial charge on any atom is 0.159 e. The molecule has 11 heavy (non-hydrogen) atoms. The van der Waals surface area contributed by atoms with Crippen LogP contribution in [0.25, 0.3) is 0 Å². The van der Waals surface area contributed by atoms with Crippen molar-refractivity contribution in [3.05, 3.63) is 11.3 Å². The Labute approximate surface area is 67.2 Å². The highest BCUT2D eigenvalue weighted by Gasteiger charge is 2.30. The second-order valence-electron chi connectivity index (χ2n) is 3.14. The van der Waals surface area contributed by atoms with E-state index in [2.05, 4.69) is 0 Å². The molecule has 0 saturated heterocycles. The summed E-state index contributed by atoms with van der Waals surface area (Å²) in [5, 5.41) is 0. The van der Waals surface area contributed by atoms with Crippen LogP contribution in [0.5, 0.6) is 0 Å². The van der Waals surface area contributed by atoms with E-state index >= 15 is 0 Å². The fraction of sp³-hybridized carbons (Fsp3) is 0.667. The molecule has 0 amide bonds. The standard InChI is InChI=1S/C9H14O2/c1-5-7(3)11-8(4)9(5)6(2)10/h5,7H,1-4H3/t5-,7+/m1/s1. The highest BCUT2D eigenvalue weighted by Crippen LogP contribution is 2.30. The maximum atomic E-state index is 11.1. The topological polar surface area (TPSA) is 26.3 Å². The first-order valence-electron chi connectivity index (χ1n) is 3.92. The molecule has 2 nitrogen and oxygen atoms in total. The predicted octanol–water partition coefficient (Wildman–Crippen LogP) is 1.90. The number of carbonyl (C=O) groups is 1. The number of ketones is 1. The van der Waals surface area contributed by atoms with Gasteiger partial charge in [0.05, 0.1) is 0 Å². The van der Waals surface area contributed by atoms with Crippen LogP contribution in [0.4, 0.5) is 0 Å². The molecule has 0 aromatic carbocycles. The van der Waals surface area contributed by atoms with Gasteiger partial charge in [-0.3, -0.25) is 4.79 Å². The van der Waals surface area contributed by atoms with Crippen LogP contribution in [0, 0.1) is 5.92 Å². The molecular weight excluding hydrogens is 140 g/mol. The lowest BCUT2D eigenvalue weighted by Gasteiger charge is -2.09. The van der Waals surface area contributed by atoms with Crippen LogP contribution >= 0.6 is 0 Å². The van der Waals surface area contributed by atoms with Crippen LogP contribution < -0.4 is 0 Å². The third-order valence-corrected chi connectivity index (χ3v) is 2.28. The van der Waals surface area contributed by atoms with Gasteiger partial charge in [0, 0.05) is 11.5 Å². The first kappa shape index (κ1) is 8.31. The Morgan fingerprint density at radius 1 is 1.45 bits per heavy atom. The van der Waals surface area contributed by atoms with Gasteiger partial charge in [-0.05, 0) is 20.8 Å². The average molecular weight is 154 g/mol. The smallest absolute Gasteiger partial charge is 0.159 e. The van der Waals surface area contributed by atoms with Gasteiger partial charge in [-0.1, -0.05) is 6.92 Å². The van der Waals surface area contributed by atoms with Crippen LogP contribution in [0.15, 0.2) is 11.3 Å². The molecule has 2 atom stereocenters. The first-order valence-corrected chi connectivity index (χ1v) is 3.92. The highest BCUT2D eigenvalue weighted by molar-refractivity contribution is 5.94. The number of Topliss-reactive ketones (excluding diaryl/α,β-unsaturated/α-hetero) is 1. The van der Waals surface area contributed by atoms with E-state index in [4.69, 9.17) is 4.74 Å². The summed E-state index contributed by atoms with van der Waals surface area (Å²) in [4.78, 5) is 11.1. The van der Waals surface area contributed by atoms with Gasteiger partial charge in [0.1, 0.15) is 11.9 Å². The van der Waals surface area contributed by atoms with Crippen LogP contribution in [0.1, 0.15) is 27.7 Å². The number of allylic oxidation sites excluding steroid dienone is 1. The molecule has 62 valence electrons. The van der Waals surface area contributed by atoms with Gasteiger partial charge in [0.2, 0.25) is 0 Å². The monoisotopic (exact) mass is 154 g/mol. The van der Waals surface area contributed by atoms with E-state index in [1.165, 1.54) is 0 Å².